The van der Waals surface area contributed by atoms with E-state index in [0.717, 1.165) is 32.8 Å². The van der Waals surface area contributed by atoms with Crippen LogP contribution in [0.15, 0.2) is 40.9 Å². The molecule has 2 aromatic carbocycles. The summed E-state index contributed by atoms with van der Waals surface area (Å²) in [6, 6.07) is 11.4. The van der Waals surface area contributed by atoms with Crippen LogP contribution in [0.1, 0.15) is 11.1 Å². The first kappa shape index (κ1) is 19.3. The van der Waals surface area contributed by atoms with Crippen LogP contribution in [0.3, 0.4) is 0 Å². The Morgan fingerprint density at radius 3 is 2.56 bits per heavy atom. The number of aryl methyl sites for hydroxylation is 1. The van der Waals surface area contributed by atoms with Gasteiger partial charge in [-0.15, -0.1) is 0 Å². The van der Waals surface area contributed by atoms with Gasteiger partial charge in [0, 0.05) is 28.3 Å². The Labute approximate surface area is 157 Å². The Kier molecular flexibility index (Phi) is 6.84. The van der Waals surface area contributed by atoms with Crippen molar-refractivity contribution in [2.75, 3.05) is 33.1 Å². The van der Waals surface area contributed by atoms with Crippen LogP contribution in [0.2, 0.25) is 0 Å². The second kappa shape index (κ2) is 8.87. The number of carbonyl (C=O) groups excluding carboxylic acids is 1. The number of halogens is 1. The molecule has 134 valence electrons. The predicted octanol–water partition coefficient (Wildman–Crippen LogP) is 3.85. The summed E-state index contributed by atoms with van der Waals surface area (Å²) >= 11 is 3.47. The highest BCUT2D eigenvalue weighted by Crippen LogP contribution is 2.25. The van der Waals surface area contributed by atoms with Gasteiger partial charge < -0.3 is 14.8 Å². The topological polar surface area (TPSA) is 50.8 Å². The number of methoxy groups -OCH3 is 2. The zero-order valence-electron chi connectivity index (χ0n) is 14.9. The summed E-state index contributed by atoms with van der Waals surface area (Å²) in [5.41, 5.74) is 2.90. The monoisotopic (exact) mass is 406 g/mol. The molecule has 0 spiro atoms. The van der Waals surface area contributed by atoms with Gasteiger partial charge in [0.1, 0.15) is 11.5 Å². The van der Waals surface area contributed by atoms with E-state index < -0.39 is 0 Å². The van der Waals surface area contributed by atoms with E-state index in [-0.39, 0.29) is 12.5 Å². The van der Waals surface area contributed by atoms with Crippen LogP contribution in [-0.4, -0.2) is 38.6 Å². The fraction of sp³-hybridized carbons (Fsp3) is 0.316. The maximum absolute atomic E-state index is 12.2. The first-order valence-corrected chi connectivity index (χ1v) is 8.67. The molecule has 1 N–H and O–H groups in total. The number of ether oxygens (including phenoxy) is 2. The molecule has 2 aromatic rings. The standard InChI is InChI=1S/C19H23BrN2O3/c1-13-5-7-15(9-17(13)20)21-19(23)12-22(2)11-14-6-8-16(24-3)10-18(14)25-4/h5-10H,11-12H2,1-4H3,(H,21,23). The molecule has 0 fully saturated rings. The molecule has 5 nitrogen and oxygen atoms in total. The molecule has 0 atom stereocenters. The lowest BCUT2D eigenvalue weighted by Gasteiger charge is -2.18. The molecule has 0 saturated carbocycles. The highest BCUT2D eigenvalue weighted by molar-refractivity contribution is 9.10. The molecule has 0 unspecified atom stereocenters. The average molecular weight is 407 g/mol. The van der Waals surface area contributed by atoms with Crippen molar-refractivity contribution < 1.29 is 14.3 Å². The zero-order chi connectivity index (χ0) is 18.4. The van der Waals surface area contributed by atoms with Gasteiger partial charge in [0.15, 0.2) is 0 Å². The number of hydrogen-bond donors (Lipinski definition) is 1. The Morgan fingerprint density at radius 2 is 1.92 bits per heavy atom. The number of benzene rings is 2. The molecule has 0 bridgehead atoms. The summed E-state index contributed by atoms with van der Waals surface area (Å²) < 4.78 is 11.6. The van der Waals surface area contributed by atoms with Crippen LogP contribution in [-0.2, 0) is 11.3 Å². The van der Waals surface area contributed by atoms with E-state index in [1.165, 1.54) is 0 Å². The molecule has 2 rings (SSSR count). The minimum atomic E-state index is -0.0641. The number of carbonyl (C=O) groups is 1. The van der Waals surface area contributed by atoms with Gasteiger partial charge in [-0.2, -0.15) is 0 Å². The Balaban J connectivity index is 1.96. The van der Waals surface area contributed by atoms with Crippen molar-refractivity contribution in [2.24, 2.45) is 0 Å². The van der Waals surface area contributed by atoms with E-state index >= 15 is 0 Å². The molecule has 0 radical (unpaired) electrons. The fourth-order valence-corrected chi connectivity index (χ4v) is 2.82. The average Bonchev–Trinajstić information content (AvgIpc) is 2.58. The van der Waals surface area contributed by atoms with Crippen molar-refractivity contribution in [3.05, 3.63) is 52.0 Å². The third-order valence-electron chi connectivity index (χ3n) is 3.80. The smallest absolute Gasteiger partial charge is 0.238 e. The van der Waals surface area contributed by atoms with Gasteiger partial charge in [0.2, 0.25) is 5.91 Å². The molecule has 0 saturated heterocycles. The minimum Gasteiger partial charge on any atom is -0.497 e. The SMILES string of the molecule is COc1ccc(CN(C)CC(=O)Nc2ccc(C)c(Br)c2)c(OC)c1. The van der Waals surface area contributed by atoms with Gasteiger partial charge in [0.05, 0.1) is 20.8 Å². The van der Waals surface area contributed by atoms with E-state index in [4.69, 9.17) is 9.47 Å². The van der Waals surface area contributed by atoms with Gasteiger partial charge in [0.25, 0.3) is 0 Å². The van der Waals surface area contributed by atoms with Gasteiger partial charge in [-0.05, 0) is 37.7 Å². The van der Waals surface area contributed by atoms with E-state index in [2.05, 4.69) is 21.2 Å². The number of nitrogens with zero attached hydrogens (tertiary/aromatic N) is 1. The minimum absolute atomic E-state index is 0.0641. The molecule has 0 aliphatic heterocycles. The van der Waals surface area contributed by atoms with E-state index in [1.807, 2.05) is 55.3 Å². The summed E-state index contributed by atoms with van der Waals surface area (Å²) in [6.45, 7) is 2.88. The molecule has 0 heterocycles. The zero-order valence-corrected chi connectivity index (χ0v) is 16.5. The quantitative estimate of drug-likeness (QED) is 0.758. The number of amides is 1. The van der Waals surface area contributed by atoms with Crippen molar-refractivity contribution in [1.29, 1.82) is 0 Å². The fourth-order valence-electron chi connectivity index (χ4n) is 2.45. The maximum Gasteiger partial charge on any atom is 0.238 e. The Hall–Kier alpha value is -2.05. The van der Waals surface area contributed by atoms with Crippen molar-refractivity contribution in [1.82, 2.24) is 4.90 Å². The summed E-state index contributed by atoms with van der Waals surface area (Å²) in [5, 5.41) is 2.91. The molecular weight excluding hydrogens is 384 g/mol. The molecule has 0 aliphatic rings. The second-order valence-electron chi connectivity index (χ2n) is 5.86. The molecule has 1 amide bonds. The van der Waals surface area contributed by atoms with Crippen LogP contribution in [0, 0.1) is 6.92 Å². The summed E-state index contributed by atoms with van der Waals surface area (Å²) in [5.74, 6) is 1.42. The van der Waals surface area contributed by atoms with E-state index in [0.29, 0.717) is 6.54 Å². The first-order valence-electron chi connectivity index (χ1n) is 7.88. The molecule has 6 heteroatoms. The third-order valence-corrected chi connectivity index (χ3v) is 4.66. The summed E-state index contributed by atoms with van der Waals surface area (Å²) in [6.07, 6.45) is 0. The Bertz CT molecular complexity index is 749. The molecular formula is C19H23BrN2O3. The highest BCUT2D eigenvalue weighted by atomic mass is 79.9. The van der Waals surface area contributed by atoms with Crippen LogP contribution >= 0.6 is 15.9 Å². The van der Waals surface area contributed by atoms with Gasteiger partial charge in [-0.3, -0.25) is 9.69 Å². The van der Waals surface area contributed by atoms with Crippen molar-refractivity contribution in [2.45, 2.75) is 13.5 Å². The van der Waals surface area contributed by atoms with E-state index in [1.54, 1.807) is 14.2 Å². The lowest BCUT2D eigenvalue weighted by Crippen LogP contribution is -2.30. The maximum atomic E-state index is 12.2. The molecule has 0 aliphatic carbocycles. The van der Waals surface area contributed by atoms with Crippen LogP contribution < -0.4 is 14.8 Å². The molecule has 25 heavy (non-hydrogen) atoms. The van der Waals surface area contributed by atoms with E-state index in [9.17, 15) is 4.79 Å². The largest absolute Gasteiger partial charge is 0.497 e. The van der Waals surface area contributed by atoms with Crippen LogP contribution in [0.4, 0.5) is 5.69 Å². The summed E-state index contributed by atoms with van der Waals surface area (Å²) in [4.78, 5) is 14.2. The van der Waals surface area contributed by atoms with Gasteiger partial charge in [-0.25, -0.2) is 0 Å². The van der Waals surface area contributed by atoms with Crippen LogP contribution in [0.5, 0.6) is 11.5 Å². The second-order valence-corrected chi connectivity index (χ2v) is 6.72. The van der Waals surface area contributed by atoms with Crippen molar-refractivity contribution in [3.8, 4) is 11.5 Å². The first-order chi connectivity index (χ1) is 11.9. The predicted molar refractivity (Wildman–Crippen MR) is 103 cm³/mol. The number of likely N-dealkylation sites (N-methyl/N-ethyl adjacent to an activating group) is 1. The number of rotatable bonds is 7. The van der Waals surface area contributed by atoms with Crippen LogP contribution in [0.25, 0.3) is 0 Å². The Morgan fingerprint density at radius 1 is 1.16 bits per heavy atom. The number of hydrogen-bond acceptors (Lipinski definition) is 4. The van der Waals surface area contributed by atoms with Crippen molar-refractivity contribution >= 4 is 27.5 Å². The normalized spacial score (nSPS) is 10.6. The number of anilines is 1. The lowest BCUT2D eigenvalue weighted by atomic mass is 10.1. The summed E-state index contributed by atoms with van der Waals surface area (Å²) in [7, 11) is 5.14. The van der Waals surface area contributed by atoms with Crippen molar-refractivity contribution in [3.63, 3.8) is 0 Å². The highest BCUT2D eigenvalue weighted by Gasteiger charge is 2.11. The lowest BCUT2D eigenvalue weighted by molar-refractivity contribution is -0.117. The third kappa shape index (κ3) is 5.47. The van der Waals surface area contributed by atoms with Gasteiger partial charge >= 0.3 is 0 Å². The number of nitrogens with one attached hydrogen (secondary N) is 1. The van der Waals surface area contributed by atoms with Gasteiger partial charge in [-0.1, -0.05) is 28.1 Å². The molecule has 0 aromatic heterocycles.